The van der Waals surface area contributed by atoms with Gasteiger partial charge in [-0.05, 0) is 49.6 Å². The molecule has 2 aromatic carbocycles. The molecule has 0 aliphatic heterocycles. The van der Waals surface area contributed by atoms with Crippen molar-refractivity contribution in [3.63, 3.8) is 0 Å². The standard InChI is InChI=1S/C21H18N4O2S/c1-27-14-7-4-6-13(12-14)20(26)23-19-15-8-5-10-16(15)24-25(19)21-22-17-9-2-3-11-18(17)28-21/h2-4,6-7,9,11-12H,5,8,10H2,1H3,(H,23,26). The third-order valence-electron chi connectivity index (χ3n) is 4.93. The summed E-state index contributed by atoms with van der Waals surface area (Å²) in [7, 11) is 1.59. The predicted molar refractivity (Wildman–Crippen MR) is 110 cm³/mol. The van der Waals surface area contributed by atoms with Gasteiger partial charge >= 0.3 is 0 Å². The zero-order valence-electron chi connectivity index (χ0n) is 15.3. The number of carbonyl (C=O) groups excluding carboxylic acids is 1. The molecule has 2 aromatic heterocycles. The summed E-state index contributed by atoms with van der Waals surface area (Å²) >= 11 is 1.57. The summed E-state index contributed by atoms with van der Waals surface area (Å²) in [5.74, 6) is 1.19. The minimum absolute atomic E-state index is 0.184. The number of para-hydroxylation sites is 1. The van der Waals surface area contributed by atoms with Crippen molar-refractivity contribution in [1.82, 2.24) is 14.8 Å². The van der Waals surface area contributed by atoms with Crippen LogP contribution in [0.15, 0.2) is 48.5 Å². The fourth-order valence-corrected chi connectivity index (χ4v) is 4.48. The smallest absolute Gasteiger partial charge is 0.256 e. The van der Waals surface area contributed by atoms with Gasteiger partial charge in [0, 0.05) is 11.1 Å². The zero-order chi connectivity index (χ0) is 19.1. The maximum Gasteiger partial charge on any atom is 0.256 e. The summed E-state index contributed by atoms with van der Waals surface area (Å²) < 4.78 is 8.11. The Hall–Kier alpha value is -3.19. The van der Waals surface area contributed by atoms with Crippen LogP contribution in [0.4, 0.5) is 5.82 Å². The number of benzene rings is 2. The third kappa shape index (κ3) is 2.84. The first-order valence-electron chi connectivity index (χ1n) is 9.15. The van der Waals surface area contributed by atoms with Crippen LogP contribution in [0, 0.1) is 0 Å². The number of nitrogens with zero attached hydrogens (tertiary/aromatic N) is 3. The van der Waals surface area contributed by atoms with Gasteiger partial charge in [0.15, 0.2) is 0 Å². The van der Waals surface area contributed by atoms with Crippen LogP contribution in [0.25, 0.3) is 15.3 Å². The van der Waals surface area contributed by atoms with Crippen molar-refractivity contribution in [2.24, 2.45) is 0 Å². The van der Waals surface area contributed by atoms with Crippen molar-refractivity contribution < 1.29 is 9.53 Å². The number of aromatic nitrogens is 3. The van der Waals surface area contributed by atoms with E-state index in [0.29, 0.717) is 11.3 Å². The second kappa shape index (κ2) is 6.76. The molecule has 1 N–H and O–H groups in total. The van der Waals surface area contributed by atoms with E-state index in [1.165, 1.54) is 0 Å². The Bertz CT molecular complexity index is 1160. The Labute approximate surface area is 165 Å². The first-order valence-corrected chi connectivity index (χ1v) is 9.97. The van der Waals surface area contributed by atoms with Crippen LogP contribution in [-0.4, -0.2) is 27.8 Å². The number of anilines is 1. The highest BCUT2D eigenvalue weighted by molar-refractivity contribution is 7.20. The molecule has 4 aromatic rings. The number of nitrogens with one attached hydrogen (secondary N) is 1. The largest absolute Gasteiger partial charge is 0.497 e. The van der Waals surface area contributed by atoms with E-state index in [0.717, 1.165) is 51.7 Å². The molecule has 7 heteroatoms. The second-order valence-corrected chi connectivity index (χ2v) is 7.70. The molecule has 140 valence electrons. The van der Waals surface area contributed by atoms with Gasteiger partial charge in [0.2, 0.25) is 5.13 Å². The Morgan fingerprint density at radius 2 is 2.07 bits per heavy atom. The van der Waals surface area contributed by atoms with Gasteiger partial charge in [0.25, 0.3) is 5.91 Å². The number of thiazole rings is 1. The summed E-state index contributed by atoms with van der Waals surface area (Å²) in [5, 5.41) is 8.60. The molecule has 6 nitrogen and oxygen atoms in total. The Morgan fingerprint density at radius 3 is 2.93 bits per heavy atom. The van der Waals surface area contributed by atoms with Crippen molar-refractivity contribution in [3.8, 4) is 10.9 Å². The lowest BCUT2D eigenvalue weighted by Gasteiger charge is -2.09. The molecule has 1 amide bonds. The molecule has 0 atom stereocenters. The van der Waals surface area contributed by atoms with Gasteiger partial charge in [0.1, 0.15) is 11.6 Å². The number of amides is 1. The quantitative estimate of drug-likeness (QED) is 0.566. The van der Waals surface area contributed by atoms with E-state index in [4.69, 9.17) is 14.8 Å². The Balaban J connectivity index is 1.56. The first-order chi connectivity index (χ1) is 13.7. The molecule has 0 radical (unpaired) electrons. The highest BCUT2D eigenvalue weighted by Gasteiger charge is 2.26. The van der Waals surface area contributed by atoms with E-state index in [-0.39, 0.29) is 5.91 Å². The lowest BCUT2D eigenvalue weighted by Crippen LogP contribution is -2.16. The number of hydrogen-bond donors (Lipinski definition) is 1. The first kappa shape index (κ1) is 16.9. The van der Waals surface area contributed by atoms with Crippen LogP contribution < -0.4 is 10.1 Å². The van der Waals surface area contributed by atoms with Crippen molar-refractivity contribution in [3.05, 3.63) is 65.4 Å². The van der Waals surface area contributed by atoms with Gasteiger partial charge in [-0.1, -0.05) is 29.5 Å². The Kier molecular flexibility index (Phi) is 4.09. The molecule has 0 unspecified atom stereocenters. The fourth-order valence-electron chi connectivity index (χ4n) is 3.55. The van der Waals surface area contributed by atoms with Gasteiger partial charge in [0.05, 0.1) is 23.0 Å². The molecular weight excluding hydrogens is 372 g/mol. The molecule has 5 rings (SSSR count). The molecule has 1 aliphatic carbocycles. The number of aryl methyl sites for hydroxylation is 1. The average Bonchev–Trinajstić information content (AvgIpc) is 3.43. The van der Waals surface area contributed by atoms with Crippen molar-refractivity contribution >= 4 is 33.3 Å². The van der Waals surface area contributed by atoms with Gasteiger partial charge in [-0.3, -0.25) is 4.79 Å². The minimum atomic E-state index is -0.184. The number of carbonyl (C=O) groups is 1. The number of ether oxygens (including phenoxy) is 1. The Morgan fingerprint density at radius 1 is 1.18 bits per heavy atom. The SMILES string of the molecule is COc1cccc(C(=O)Nc2c3c(nn2-c2nc4ccccc4s2)CCC3)c1. The van der Waals surface area contributed by atoms with Crippen LogP contribution in [0.5, 0.6) is 5.75 Å². The summed E-state index contributed by atoms with van der Waals surface area (Å²) in [4.78, 5) is 17.6. The van der Waals surface area contributed by atoms with Crippen LogP contribution in [0.3, 0.4) is 0 Å². The van der Waals surface area contributed by atoms with Crippen molar-refractivity contribution in [2.45, 2.75) is 19.3 Å². The van der Waals surface area contributed by atoms with E-state index in [9.17, 15) is 4.79 Å². The number of fused-ring (bicyclic) bond motifs is 2. The molecular formula is C21H18N4O2S. The predicted octanol–water partition coefficient (Wildman–Crippen LogP) is 4.23. The lowest BCUT2D eigenvalue weighted by atomic mass is 10.2. The highest BCUT2D eigenvalue weighted by atomic mass is 32.1. The molecule has 0 saturated carbocycles. The summed E-state index contributed by atoms with van der Waals surface area (Å²) in [6.07, 6.45) is 2.89. The van der Waals surface area contributed by atoms with E-state index in [2.05, 4.69) is 5.32 Å². The van der Waals surface area contributed by atoms with Crippen LogP contribution in [0.1, 0.15) is 28.0 Å². The van der Waals surface area contributed by atoms with Gasteiger partial charge in [-0.2, -0.15) is 9.78 Å². The van der Waals surface area contributed by atoms with E-state index in [1.54, 1.807) is 35.3 Å². The third-order valence-corrected chi connectivity index (χ3v) is 5.95. The van der Waals surface area contributed by atoms with Crippen molar-refractivity contribution in [1.29, 1.82) is 0 Å². The molecule has 0 saturated heterocycles. The molecule has 2 heterocycles. The molecule has 1 aliphatic rings. The molecule has 0 bridgehead atoms. The average molecular weight is 390 g/mol. The number of hydrogen-bond acceptors (Lipinski definition) is 5. The summed E-state index contributed by atoms with van der Waals surface area (Å²) in [6.45, 7) is 0. The highest BCUT2D eigenvalue weighted by Crippen LogP contribution is 2.34. The maximum atomic E-state index is 12.9. The number of rotatable bonds is 4. The van der Waals surface area contributed by atoms with Crippen LogP contribution in [0.2, 0.25) is 0 Å². The molecule has 0 spiro atoms. The number of methoxy groups -OCH3 is 1. The van der Waals surface area contributed by atoms with E-state index in [1.807, 2.05) is 36.4 Å². The second-order valence-electron chi connectivity index (χ2n) is 6.69. The molecule has 28 heavy (non-hydrogen) atoms. The summed E-state index contributed by atoms with van der Waals surface area (Å²) in [5.41, 5.74) is 3.63. The fraction of sp³-hybridized carbons (Fsp3) is 0.190. The van der Waals surface area contributed by atoms with Gasteiger partial charge in [-0.15, -0.1) is 0 Å². The summed E-state index contributed by atoms with van der Waals surface area (Å²) in [6, 6.07) is 15.1. The van der Waals surface area contributed by atoms with E-state index < -0.39 is 0 Å². The lowest BCUT2D eigenvalue weighted by molar-refractivity contribution is 0.102. The maximum absolute atomic E-state index is 12.9. The normalized spacial score (nSPS) is 12.9. The van der Waals surface area contributed by atoms with Crippen molar-refractivity contribution in [2.75, 3.05) is 12.4 Å². The zero-order valence-corrected chi connectivity index (χ0v) is 16.1. The van der Waals surface area contributed by atoms with Crippen LogP contribution >= 0.6 is 11.3 Å². The monoisotopic (exact) mass is 390 g/mol. The topological polar surface area (TPSA) is 69.0 Å². The van der Waals surface area contributed by atoms with E-state index >= 15 is 0 Å². The van der Waals surface area contributed by atoms with Gasteiger partial charge in [-0.25, -0.2) is 4.98 Å². The minimum Gasteiger partial charge on any atom is -0.497 e. The van der Waals surface area contributed by atoms with Gasteiger partial charge < -0.3 is 10.1 Å². The molecule has 0 fully saturated rings. The van der Waals surface area contributed by atoms with Crippen LogP contribution in [-0.2, 0) is 12.8 Å².